The van der Waals surface area contributed by atoms with Crippen LogP contribution < -0.4 is 5.32 Å². The molecule has 3 heteroatoms. The summed E-state index contributed by atoms with van der Waals surface area (Å²) in [6.07, 6.45) is 1.29. The van der Waals surface area contributed by atoms with Crippen LogP contribution in [0.4, 0.5) is 0 Å². The lowest BCUT2D eigenvalue weighted by Gasteiger charge is -2.21. The summed E-state index contributed by atoms with van der Waals surface area (Å²) in [4.78, 5) is 0. The fourth-order valence-corrected chi connectivity index (χ4v) is 2.28. The summed E-state index contributed by atoms with van der Waals surface area (Å²) in [5, 5.41) is 3.48. The third kappa shape index (κ3) is 3.80. The van der Waals surface area contributed by atoms with Crippen molar-refractivity contribution in [2.75, 3.05) is 26.4 Å². The zero-order chi connectivity index (χ0) is 12.8. The minimum Gasteiger partial charge on any atom is -0.379 e. The van der Waals surface area contributed by atoms with E-state index in [9.17, 15) is 0 Å². The number of aryl methyl sites for hydroxylation is 1. The van der Waals surface area contributed by atoms with Crippen molar-refractivity contribution in [3.8, 4) is 0 Å². The fraction of sp³-hybridized carbons (Fsp3) is 0.600. The summed E-state index contributed by atoms with van der Waals surface area (Å²) >= 11 is 0. The van der Waals surface area contributed by atoms with Crippen molar-refractivity contribution in [1.82, 2.24) is 5.32 Å². The van der Waals surface area contributed by atoms with Crippen molar-refractivity contribution in [2.24, 2.45) is 0 Å². The Bertz CT molecular complexity index is 361. The van der Waals surface area contributed by atoms with Gasteiger partial charge in [-0.2, -0.15) is 0 Å². The van der Waals surface area contributed by atoms with E-state index in [1.54, 1.807) is 0 Å². The lowest BCUT2D eigenvalue weighted by Crippen LogP contribution is -2.28. The maximum absolute atomic E-state index is 5.92. The normalized spacial score (nSPS) is 21.1. The highest BCUT2D eigenvalue weighted by Gasteiger charge is 2.18. The third-order valence-corrected chi connectivity index (χ3v) is 3.28. The van der Waals surface area contributed by atoms with Gasteiger partial charge in [-0.15, -0.1) is 0 Å². The molecule has 2 atom stereocenters. The molecule has 0 aliphatic carbocycles. The van der Waals surface area contributed by atoms with Gasteiger partial charge in [0, 0.05) is 6.61 Å². The number of ether oxygens (including phenoxy) is 2. The molecule has 0 bridgehead atoms. The van der Waals surface area contributed by atoms with Gasteiger partial charge in [-0.25, -0.2) is 0 Å². The van der Waals surface area contributed by atoms with E-state index in [1.807, 2.05) is 0 Å². The van der Waals surface area contributed by atoms with Crippen molar-refractivity contribution in [3.63, 3.8) is 0 Å². The average molecular weight is 249 g/mol. The Hall–Kier alpha value is -0.900. The molecule has 2 unspecified atom stereocenters. The Morgan fingerprint density at radius 1 is 1.50 bits per heavy atom. The quantitative estimate of drug-likeness (QED) is 0.840. The minimum absolute atomic E-state index is 0.274. The zero-order valence-corrected chi connectivity index (χ0v) is 11.3. The molecule has 0 amide bonds. The molecule has 0 saturated carbocycles. The molecule has 1 saturated heterocycles. The van der Waals surface area contributed by atoms with Crippen LogP contribution in [0, 0.1) is 6.92 Å². The molecular weight excluding hydrogens is 226 g/mol. The largest absolute Gasteiger partial charge is 0.379 e. The molecule has 100 valence electrons. The summed E-state index contributed by atoms with van der Waals surface area (Å²) in [7, 11) is 0. The van der Waals surface area contributed by atoms with E-state index in [0.717, 1.165) is 26.2 Å². The van der Waals surface area contributed by atoms with E-state index < -0.39 is 0 Å². The summed E-state index contributed by atoms with van der Waals surface area (Å²) < 4.78 is 11.3. The zero-order valence-electron chi connectivity index (χ0n) is 11.3. The molecule has 1 heterocycles. The molecule has 0 radical (unpaired) electrons. The maximum atomic E-state index is 5.92. The van der Waals surface area contributed by atoms with Crippen molar-refractivity contribution >= 4 is 0 Å². The summed E-state index contributed by atoms with van der Waals surface area (Å²) in [5.74, 6) is 0. The van der Waals surface area contributed by atoms with E-state index in [1.165, 1.54) is 11.1 Å². The van der Waals surface area contributed by atoms with Crippen molar-refractivity contribution in [2.45, 2.75) is 32.4 Å². The molecule has 1 aliphatic heterocycles. The van der Waals surface area contributed by atoms with Crippen LogP contribution in [0.1, 0.15) is 30.5 Å². The summed E-state index contributed by atoms with van der Waals surface area (Å²) in [5.41, 5.74) is 2.59. The molecule has 1 aliphatic rings. The van der Waals surface area contributed by atoms with Gasteiger partial charge in [0.25, 0.3) is 0 Å². The highest BCUT2D eigenvalue weighted by Crippen LogP contribution is 2.17. The number of nitrogens with one attached hydrogen (secondary N) is 1. The predicted octanol–water partition coefficient (Wildman–Crippen LogP) is 2.45. The van der Waals surface area contributed by atoms with Crippen molar-refractivity contribution in [1.29, 1.82) is 0 Å². The molecule has 18 heavy (non-hydrogen) atoms. The highest BCUT2D eigenvalue weighted by atomic mass is 16.5. The van der Waals surface area contributed by atoms with Crippen LogP contribution in [-0.4, -0.2) is 32.5 Å². The number of likely N-dealkylation sites (N-methyl/N-ethyl adjacent to an activating group) is 1. The van der Waals surface area contributed by atoms with Crippen LogP contribution in [0.3, 0.4) is 0 Å². The number of benzene rings is 1. The standard InChI is InChI=1S/C15H23NO2/c1-3-16-15(11-18-14-7-8-17-10-14)13-6-4-5-12(2)9-13/h4-6,9,14-16H,3,7-8,10-11H2,1-2H3. The lowest BCUT2D eigenvalue weighted by molar-refractivity contribution is 0.0300. The molecule has 0 aromatic heterocycles. The second-order valence-corrected chi connectivity index (χ2v) is 4.84. The molecule has 1 aromatic rings. The van der Waals surface area contributed by atoms with Crippen molar-refractivity contribution < 1.29 is 9.47 Å². The third-order valence-electron chi connectivity index (χ3n) is 3.28. The average Bonchev–Trinajstić information content (AvgIpc) is 2.87. The Kier molecular flexibility index (Phi) is 5.17. The molecule has 1 aromatic carbocycles. The Morgan fingerprint density at radius 3 is 3.06 bits per heavy atom. The van der Waals surface area contributed by atoms with Gasteiger partial charge >= 0.3 is 0 Å². The summed E-state index contributed by atoms with van der Waals surface area (Å²) in [6.45, 7) is 7.49. The first-order valence-corrected chi connectivity index (χ1v) is 6.79. The van der Waals surface area contributed by atoms with Crippen LogP contribution in [-0.2, 0) is 9.47 Å². The molecular formula is C15H23NO2. The number of hydrogen-bond acceptors (Lipinski definition) is 3. The van der Waals surface area contributed by atoms with E-state index in [-0.39, 0.29) is 12.1 Å². The first-order valence-electron chi connectivity index (χ1n) is 6.79. The fourth-order valence-electron chi connectivity index (χ4n) is 2.28. The van der Waals surface area contributed by atoms with Gasteiger partial charge in [0.1, 0.15) is 0 Å². The molecule has 3 nitrogen and oxygen atoms in total. The van der Waals surface area contributed by atoms with Gasteiger partial charge in [0.2, 0.25) is 0 Å². The van der Waals surface area contributed by atoms with Crippen LogP contribution >= 0.6 is 0 Å². The Morgan fingerprint density at radius 2 is 2.39 bits per heavy atom. The number of rotatable bonds is 6. The van der Waals surface area contributed by atoms with Crippen molar-refractivity contribution in [3.05, 3.63) is 35.4 Å². The molecule has 1 fully saturated rings. The molecule has 1 N–H and O–H groups in total. The first kappa shape index (κ1) is 13.5. The van der Waals surface area contributed by atoms with Crippen LogP contribution in [0.15, 0.2) is 24.3 Å². The van der Waals surface area contributed by atoms with Gasteiger partial charge in [-0.1, -0.05) is 36.8 Å². The van der Waals surface area contributed by atoms with E-state index in [0.29, 0.717) is 6.61 Å². The smallest absolute Gasteiger partial charge is 0.0831 e. The second kappa shape index (κ2) is 6.88. The predicted molar refractivity (Wildman–Crippen MR) is 72.8 cm³/mol. The molecule has 2 rings (SSSR count). The first-order chi connectivity index (χ1) is 8.79. The Labute approximate surface area is 109 Å². The van der Waals surface area contributed by atoms with Crippen LogP contribution in [0.2, 0.25) is 0 Å². The van der Waals surface area contributed by atoms with Gasteiger partial charge in [0.15, 0.2) is 0 Å². The van der Waals surface area contributed by atoms with Crippen LogP contribution in [0.5, 0.6) is 0 Å². The van der Waals surface area contributed by atoms with Gasteiger partial charge in [-0.05, 0) is 25.5 Å². The highest BCUT2D eigenvalue weighted by molar-refractivity contribution is 5.25. The Balaban J connectivity index is 1.94. The maximum Gasteiger partial charge on any atom is 0.0831 e. The van der Waals surface area contributed by atoms with Crippen LogP contribution in [0.25, 0.3) is 0 Å². The molecule has 0 spiro atoms. The van der Waals surface area contributed by atoms with E-state index in [2.05, 4.69) is 43.4 Å². The van der Waals surface area contributed by atoms with Gasteiger partial charge in [0.05, 0.1) is 25.4 Å². The minimum atomic E-state index is 0.274. The topological polar surface area (TPSA) is 30.5 Å². The van der Waals surface area contributed by atoms with E-state index >= 15 is 0 Å². The van der Waals surface area contributed by atoms with Gasteiger partial charge < -0.3 is 14.8 Å². The monoisotopic (exact) mass is 249 g/mol. The lowest BCUT2D eigenvalue weighted by atomic mass is 10.0. The number of hydrogen-bond donors (Lipinski definition) is 1. The summed E-state index contributed by atoms with van der Waals surface area (Å²) in [6, 6.07) is 8.89. The SMILES string of the molecule is CCNC(COC1CCOC1)c1cccc(C)c1. The van der Waals surface area contributed by atoms with Gasteiger partial charge in [-0.3, -0.25) is 0 Å². The second-order valence-electron chi connectivity index (χ2n) is 4.84. The van der Waals surface area contributed by atoms with E-state index in [4.69, 9.17) is 9.47 Å².